The number of pyridine rings is 1. The Morgan fingerprint density at radius 3 is 3.06 bits per heavy atom. The fraction of sp³-hybridized carbons (Fsp3) is 0.182. The van der Waals surface area contributed by atoms with E-state index in [0.717, 1.165) is 16.9 Å². The van der Waals surface area contributed by atoms with Crippen LogP contribution >= 0.6 is 0 Å². The van der Waals surface area contributed by atoms with Gasteiger partial charge in [0.25, 0.3) is 0 Å². The summed E-state index contributed by atoms with van der Waals surface area (Å²) in [7, 11) is 0. The van der Waals surface area contributed by atoms with Crippen molar-refractivity contribution in [2.75, 3.05) is 0 Å². The van der Waals surface area contributed by atoms with Crippen molar-refractivity contribution in [3.05, 3.63) is 42.5 Å². The van der Waals surface area contributed by atoms with Crippen molar-refractivity contribution < 1.29 is 4.42 Å². The Bertz CT molecular complexity index is 625. The van der Waals surface area contributed by atoms with Gasteiger partial charge in [-0.25, -0.2) is 15.0 Å². The SMILES string of the molecule is Cc1ncc(Cn2cnc3cccnc32)o1. The van der Waals surface area contributed by atoms with Crippen molar-refractivity contribution in [3.63, 3.8) is 0 Å². The number of oxazole rings is 1. The summed E-state index contributed by atoms with van der Waals surface area (Å²) < 4.78 is 7.36. The van der Waals surface area contributed by atoms with E-state index in [0.29, 0.717) is 12.4 Å². The zero-order chi connectivity index (χ0) is 11.0. The Kier molecular flexibility index (Phi) is 1.96. The van der Waals surface area contributed by atoms with Gasteiger partial charge in [-0.15, -0.1) is 0 Å². The molecule has 3 aromatic heterocycles. The zero-order valence-corrected chi connectivity index (χ0v) is 8.79. The maximum Gasteiger partial charge on any atom is 0.191 e. The van der Waals surface area contributed by atoms with Crippen LogP contribution in [0.3, 0.4) is 0 Å². The quantitative estimate of drug-likeness (QED) is 0.652. The summed E-state index contributed by atoms with van der Waals surface area (Å²) >= 11 is 0. The number of nitrogens with zero attached hydrogens (tertiary/aromatic N) is 4. The summed E-state index contributed by atoms with van der Waals surface area (Å²) in [5.41, 5.74) is 1.75. The van der Waals surface area contributed by atoms with Crippen LogP contribution in [-0.2, 0) is 6.54 Å². The number of imidazole rings is 1. The first kappa shape index (κ1) is 9.08. The van der Waals surface area contributed by atoms with Gasteiger partial charge < -0.3 is 8.98 Å². The van der Waals surface area contributed by atoms with Gasteiger partial charge in [0.1, 0.15) is 11.3 Å². The number of aromatic nitrogens is 4. The number of fused-ring (bicyclic) bond motifs is 1. The van der Waals surface area contributed by atoms with Crippen molar-refractivity contribution in [1.82, 2.24) is 19.5 Å². The molecule has 0 aliphatic heterocycles. The molecule has 0 saturated heterocycles. The summed E-state index contributed by atoms with van der Waals surface area (Å²) in [4.78, 5) is 12.6. The smallest absolute Gasteiger partial charge is 0.191 e. The molecule has 3 aromatic rings. The molecule has 3 heterocycles. The highest BCUT2D eigenvalue weighted by molar-refractivity contribution is 5.70. The number of rotatable bonds is 2. The first-order chi connectivity index (χ1) is 7.83. The molecule has 0 aromatic carbocycles. The molecule has 5 heteroatoms. The predicted octanol–water partition coefficient (Wildman–Crippen LogP) is 1.78. The van der Waals surface area contributed by atoms with E-state index in [4.69, 9.17) is 4.42 Å². The van der Waals surface area contributed by atoms with Crippen molar-refractivity contribution in [2.45, 2.75) is 13.5 Å². The third-order valence-corrected chi connectivity index (χ3v) is 2.37. The molecule has 0 radical (unpaired) electrons. The van der Waals surface area contributed by atoms with Crippen LogP contribution in [0.2, 0.25) is 0 Å². The second kappa shape index (κ2) is 3.44. The topological polar surface area (TPSA) is 56.7 Å². The minimum Gasteiger partial charge on any atom is -0.444 e. The fourth-order valence-corrected chi connectivity index (χ4v) is 1.66. The lowest BCUT2D eigenvalue weighted by Gasteiger charge is -1.99. The molecule has 0 spiro atoms. The van der Waals surface area contributed by atoms with Crippen LogP contribution in [0, 0.1) is 6.92 Å². The third kappa shape index (κ3) is 1.46. The average molecular weight is 214 g/mol. The fourth-order valence-electron chi connectivity index (χ4n) is 1.66. The van der Waals surface area contributed by atoms with Crippen LogP contribution in [0.25, 0.3) is 11.2 Å². The molecule has 3 rings (SSSR count). The van der Waals surface area contributed by atoms with E-state index in [1.54, 1.807) is 18.7 Å². The normalized spacial score (nSPS) is 11.1. The second-order valence-corrected chi connectivity index (χ2v) is 3.56. The lowest BCUT2D eigenvalue weighted by atomic mass is 10.4. The first-order valence-corrected chi connectivity index (χ1v) is 5.00. The Morgan fingerprint density at radius 2 is 2.25 bits per heavy atom. The molecule has 0 fully saturated rings. The van der Waals surface area contributed by atoms with Crippen LogP contribution < -0.4 is 0 Å². The van der Waals surface area contributed by atoms with E-state index in [2.05, 4.69) is 15.0 Å². The van der Waals surface area contributed by atoms with Gasteiger partial charge in [-0.2, -0.15) is 0 Å². The molecule has 16 heavy (non-hydrogen) atoms. The van der Waals surface area contributed by atoms with Crippen LogP contribution in [0.4, 0.5) is 0 Å². The van der Waals surface area contributed by atoms with Gasteiger partial charge in [0, 0.05) is 13.1 Å². The summed E-state index contributed by atoms with van der Waals surface area (Å²) in [6, 6.07) is 3.81. The van der Waals surface area contributed by atoms with Gasteiger partial charge >= 0.3 is 0 Å². The average Bonchev–Trinajstić information content (AvgIpc) is 2.87. The van der Waals surface area contributed by atoms with Crippen LogP contribution in [0.1, 0.15) is 11.7 Å². The lowest BCUT2D eigenvalue weighted by molar-refractivity contribution is 0.464. The van der Waals surface area contributed by atoms with E-state index in [-0.39, 0.29) is 0 Å². The number of aryl methyl sites for hydroxylation is 1. The van der Waals surface area contributed by atoms with Crippen LogP contribution in [-0.4, -0.2) is 19.5 Å². The van der Waals surface area contributed by atoms with Gasteiger partial charge in [0.05, 0.1) is 19.1 Å². The Labute approximate surface area is 91.8 Å². The van der Waals surface area contributed by atoms with Gasteiger partial charge in [0.15, 0.2) is 11.5 Å². The number of hydrogen-bond donors (Lipinski definition) is 0. The Balaban J connectivity index is 2.00. The van der Waals surface area contributed by atoms with E-state index in [1.165, 1.54) is 0 Å². The molecule has 5 nitrogen and oxygen atoms in total. The van der Waals surface area contributed by atoms with E-state index < -0.39 is 0 Å². The summed E-state index contributed by atoms with van der Waals surface area (Å²) in [5.74, 6) is 1.48. The highest BCUT2D eigenvalue weighted by Crippen LogP contribution is 2.11. The van der Waals surface area contributed by atoms with Gasteiger partial charge in [-0.1, -0.05) is 0 Å². The molecule has 0 aliphatic rings. The minimum absolute atomic E-state index is 0.606. The van der Waals surface area contributed by atoms with Gasteiger partial charge in [-0.3, -0.25) is 0 Å². The largest absolute Gasteiger partial charge is 0.444 e. The third-order valence-electron chi connectivity index (χ3n) is 2.37. The zero-order valence-electron chi connectivity index (χ0n) is 8.79. The molecule has 0 bridgehead atoms. The summed E-state index contributed by atoms with van der Waals surface area (Å²) in [5, 5.41) is 0. The van der Waals surface area contributed by atoms with Crippen molar-refractivity contribution in [3.8, 4) is 0 Å². The molecule has 80 valence electrons. The van der Waals surface area contributed by atoms with Crippen molar-refractivity contribution in [2.24, 2.45) is 0 Å². The van der Waals surface area contributed by atoms with E-state index >= 15 is 0 Å². The molecule has 0 saturated carbocycles. The summed E-state index contributed by atoms with van der Waals surface area (Å²) in [6.45, 7) is 2.43. The van der Waals surface area contributed by atoms with Crippen molar-refractivity contribution in [1.29, 1.82) is 0 Å². The highest BCUT2D eigenvalue weighted by atomic mass is 16.4. The van der Waals surface area contributed by atoms with Crippen LogP contribution in [0.15, 0.2) is 35.3 Å². The molecule has 0 atom stereocenters. The second-order valence-electron chi connectivity index (χ2n) is 3.56. The maximum absolute atomic E-state index is 5.42. The lowest BCUT2D eigenvalue weighted by Crippen LogP contribution is -1.97. The molecule has 0 aliphatic carbocycles. The van der Waals surface area contributed by atoms with Gasteiger partial charge in [-0.05, 0) is 12.1 Å². The predicted molar refractivity (Wildman–Crippen MR) is 57.9 cm³/mol. The molecular weight excluding hydrogens is 204 g/mol. The monoisotopic (exact) mass is 214 g/mol. The number of hydrogen-bond acceptors (Lipinski definition) is 4. The van der Waals surface area contributed by atoms with Gasteiger partial charge in [0.2, 0.25) is 0 Å². The highest BCUT2D eigenvalue weighted by Gasteiger charge is 2.06. The Hall–Kier alpha value is -2.17. The molecular formula is C11H10N4O. The first-order valence-electron chi connectivity index (χ1n) is 5.00. The van der Waals surface area contributed by atoms with Crippen LogP contribution in [0.5, 0.6) is 0 Å². The standard InChI is InChI=1S/C11H10N4O/c1-8-13-5-9(16-8)6-15-7-14-10-3-2-4-12-11(10)15/h2-5,7H,6H2,1H3. The molecule has 0 N–H and O–H groups in total. The van der Waals surface area contributed by atoms with Crippen molar-refractivity contribution >= 4 is 11.2 Å². The Morgan fingerprint density at radius 1 is 1.31 bits per heavy atom. The van der Waals surface area contributed by atoms with E-state index in [9.17, 15) is 0 Å². The molecule has 0 unspecified atom stereocenters. The minimum atomic E-state index is 0.606. The van der Waals surface area contributed by atoms with E-state index in [1.807, 2.05) is 23.6 Å². The maximum atomic E-state index is 5.42. The molecule has 0 amide bonds. The summed E-state index contributed by atoms with van der Waals surface area (Å²) in [6.07, 6.45) is 5.24.